The standard InChI is InChI=1S/C15H11NO3/c1-4-12(17-7-1)10-14(15-6-3-9-19-15)16-11-13-5-2-8-18-13/h1-11H. The molecule has 3 aromatic heterocycles. The second-order valence-corrected chi connectivity index (χ2v) is 3.80. The van der Waals surface area contributed by atoms with Crippen molar-refractivity contribution >= 4 is 18.0 Å². The molecule has 0 aromatic carbocycles. The Morgan fingerprint density at radius 3 is 2.16 bits per heavy atom. The van der Waals surface area contributed by atoms with Crippen LogP contribution in [-0.4, -0.2) is 6.21 Å². The molecule has 94 valence electrons. The van der Waals surface area contributed by atoms with Gasteiger partial charge in [-0.25, -0.2) is 4.99 Å². The number of hydrogen-bond acceptors (Lipinski definition) is 4. The monoisotopic (exact) mass is 253 g/mol. The van der Waals surface area contributed by atoms with Crippen LogP contribution in [-0.2, 0) is 0 Å². The van der Waals surface area contributed by atoms with E-state index < -0.39 is 0 Å². The van der Waals surface area contributed by atoms with Crippen LogP contribution in [0.5, 0.6) is 0 Å². The average molecular weight is 253 g/mol. The van der Waals surface area contributed by atoms with E-state index >= 15 is 0 Å². The molecule has 0 fully saturated rings. The van der Waals surface area contributed by atoms with Crippen molar-refractivity contribution in [3.8, 4) is 0 Å². The Labute approximate surface area is 109 Å². The quantitative estimate of drug-likeness (QED) is 0.658. The molecule has 3 rings (SSSR count). The molecular weight excluding hydrogens is 242 g/mol. The van der Waals surface area contributed by atoms with Crippen LogP contribution in [0.3, 0.4) is 0 Å². The van der Waals surface area contributed by atoms with Crippen LogP contribution in [0.15, 0.2) is 73.4 Å². The number of nitrogens with zero attached hydrogens (tertiary/aromatic N) is 1. The molecule has 0 saturated heterocycles. The van der Waals surface area contributed by atoms with Gasteiger partial charge in [-0.05, 0) is 36.4 Å². The van der Waals surface area contributed by atoms with Gasteiger partial charge in [-0.15, -0.1) is 0 Å². The summed E-state index contributed by atoms with van der Waals surface area (Å²) in [5.41, 5.74) is 0.663. The highest BCUT2D eigenvalue weighted by molar-refractivity contribution is 5.86. The first-order chi connectivity index (χ1) is 9.42. The maximum atomic E-state index is 5.36. The number of rotatable bonds is 4. The summed E-state index contributed by atoms with van der Waals surface area (Å²) in [6, 6.07) is 11.0. The van der Waals surface area contributed by atoms with Crippen LogP contribution in [0.25, 0.3) is 11.8 Å². The first kappa shape index (κ1) is 11.3. The van der Waals surface area contributed by atoms with Crippen LogP contribution in [0, 0.1) is 0 Å². The van der Waals surface area contributed by atoms with Gasteiger partial charge in [0.1, 0.15) is 17.2 Å². The van der Waals surface area contributed by atoms with E-state index in [0.717, 1.165) is 0 Å². The van der Waals surface area contributed by atoms with Crippen LogP contribution in [0.2, 0.25) is 0 Å². The number of hydrogen-bond donors (Lipinski definition) is 0. The zero-order valence-corrected chi connectivity index (χ0v) is 10.0. The minimum absolute atomic E-state index is 0.663. The highest BCUT2D eigenvalue weighted by atomic mass is 16.3. The van der Waals surface area contributed by atoms with Gasteiger partial charge in [-0.2, -0.15) is 0 Å². The number of aliphatic imine (C=N–C) groups is 1. The molecule has 3 heterocycles. The van der Waals surface area contributed by atoms with E-state index in [4.69, 9.17) is 13.3 Å². The highest BCUT2D eigenvalue weighted by Crippen LogP contribution is 2.20. The van der Waals surface area contributed by atoms with Gasteiger partial charge >= 0.3 is 0 Å². The Balaban J connectivity index is 1.93. The lowest BCUT2D eigenvalue weighted by Crippen LogP contribution is -1.81. The van der Waals surface area contributed by atoms with Crippen molar-refractivity contribution in [1.29, 1.82) is 0 Å². The van der Waals surface area contributed by atoms with E-state index in [9.17, 15) is 0 Å². The van der Waals surface area contributed by atoms with Gasteiger partial charge in [0, 0.05) is 6.08 Å². The van der Waals surface area contributed by atoms with Gasteiger partial charge in [0.05, 0.1) is 25.0 Å². The molecule has 0 N–H and O–H groups in total. The third kappa shape index (κ3) is 2.74. The molecule has 0 aliphatic rings. The molecule has 0 aliphatic carbocycles. The zero-order chi connectivity index (χ0) is 12.9. The van der Waals surface area contributed by atoms with Crippen LogP contribution < -0.4 is 0 Å². The average Bonchev–Trinajstić information content (AvgIpc) is 3.15. The first-order valence-electron chi connectivity index (χ1n) is 5.78. The number of furan rings is 3. The highest BCUT2D eigenvalue weighted by Gasteiger charge is 2.04. The molecule has 0 unspecified atom stereocenters. The van der Waals surface area contributed by atoms with Crippen molar-refractivity contribution in [3.05, 3.63) is 72.5 Å². The summed E-state index contributed by atoms with van der Waals surface area (Å²) in [6.07, 6.45) is 8.26. The third-order valence-electron chi connectivity index (χ3n) is 2.47. The van der Waals surface area contributed by atoms with E-state index in [2.05, 4.69) is 4.99 Å². The fourth-order valence-corrected chi connectivity index (χ4v) is 1.60. The Kier molecular flexibility index (Phi) is 3.14. The summed E-state index contributed by atoms with van der Waals surface area (Å²) >= 11 is 0. The second-order valence-electron chi connectivity index (χ2n) is 3.80. The Morgan fingerprint density at radius 1 is 0.842 bits per heavy atom. The lowest BCUT2D eigenvalue weighted by molar-refractivity contribution is 0.548. The zero-order valence-electron chi connectivity index (χ0n) is 10.0. The molecule has 0 spiro atoms. The smallest absolute Gasteiger partial charge is 0.152 e. The van der Waals surface area contributed by atoms with Gasteiger partial charge in [0.2, 0.25) is 0 Å². The third-order valence-corrected chi connectivity index (χ3v) is 2.47. The molecular formula is C15H11NO3. The van der Waals surface area contributed by atoms with Crippen LogP contribution >= 0.6 is 0 Å². The van der Waals surface area contributed by atoms with Crippen molar-refractivity contribution < 1.29 is 13.3 Å². The Hall–Kier alpha value is -2.75. The molecule has 0 amide bonds. The molecule has 4 nitrogen and oxygen atoms in total. The first-order valence-corrected chi connectivity index (χ1v) is 5.78. The van der Waals surface area contributed by atoms with Gasteiger partial charge < -0.3 is 13.3 Å². The van der Waals surface area contributed by atoms with E-state index in [1.165, 1.54) is 0 Å². The summed E-state index contributed by atoms with van der Waals surface area (Å²) < 4.78 is 15.8. The van der Waals surface area contributed by atoms with Gasteiger partial charge in [0.15, 0.2) is 5.76 Å². The maximum absolute atomic E-state index is 5.36. The Bertz CT molecular complexity index is 659. The summed E-state index contributed by atoms with van der Waals surface area (Å²) in [5.74, 6) is 2.05. The molecule has 0 bridgehead atoms. The van der Waals surface area contributed by atoms with Gasteiger partial charge in [-0.1, -0.05) is 0 Å². The van der Waals surface area contributed by atoms with Gasteiger partial charge in [0.25, 0.3) is 0 Å². The lowest BCUT2D eigenvalue weighted by Gasteiger charge is -1.96. The van der Waals surface area contributed by atoms with Crippen molar-refractivity contribution in [3.63, 3.8) is 0 Å². The maximum Gasteiger partial charge on any atom is 0.152 e. The van der Waals surface area contributed by atoms with E-state index in [1.807, 2.05) is 36.4 Å². The largest absolute Gasteiger partial charge is 0.465 e. The molecule has 0 saturated carbocycles. The molecule has 4 heteroatoms. The van der Waals surface area contributed by atoms with Gasteiger partial charge in [-0.3, -0.25) is 0 Å². The molecule has 19 heavy (non-hydrogen) atoms. The molecule has 0 aliphatic heterocycles. The summed E-state index contributed by atoms with van der Waals surface area (Å²) in [4.78, 5) is 4.37. The predicted molar refractivity (Wildman–Crippen MR) is 71.6 cm³/mol. The van der Waals surface area contributed by atoms with Crippen molar-refractivity contribution in [1.82, 2.24) is 0 Å². The van der Waals surface area contributed by atoms with Crippen molar-refractivity contribution in [2.75, 3.05) is 0 Å². The van der Waals surface area contributed by atoms with E-state index in [0.29, 0.717) is 23.0 Å². The molecule has 3 aromatic rings. The SMILES string of the molecule is C(=NC(=Cc1ccco1)c1ccco1)c1ccco1. The fourth-order valence-electron chi connectivity index (χ4n) is 1.60. The minimum Gasteiger partial charge on any atom is -0.465 e. The van der Waals surface area contributed by atoms with E-state index in [1.54, 1.807) is 31.1 Å². The van der Waals surface area contributed by atoms with Crippen LogP contribution in [0.4, 0.5) is 0 Å². The Morgan fingerprint density at radius 2 is 1.53 bits per heavy atom. The second kappa shape index (κ2) is 5.27. The normalized spacial score (nSPS) is 12.3. The predicted octanol–water partition coefficient (Wildman–Crippen LogP) is 4.08. The summed E-state index contributed by atoms with van der Waals surface area (Å²) in [7, 11) is 0. The molecule has 0 radical (unpaired) electrons. The topological polar surface area (TPSA) is 51.8 Å². The summed E-state index contributed by atoms with van der Waals surface area (Å²) in [6.45, 7) is 0. The minimum atomic E-state index is 0.663. The van der Waals surface area contributed by atoms with Crippen molar-refractivity contribution in [2.45, 2.75) is 0 Å². The van der Waals surface area contributed by atoms with Crippen LogP contribution in [0.1, 0.15) is 17.3 Å². The van der Waals surface area contributed by atoms with Crippen molar-refractivity contribution in [2.24, 2.45) is 4.99 Å². The fraction of sp³-hybridized carbons (Fsp3) is 0. The van der Waals surface area contributed by atoms with E-state index in [-0.39, 0.29) is 0 Å². The summed E-state index contributed by atoms with van der Waals surface area (Å²) in [5, 5.41) is 0. The molecule has 0 atom stereocenters. The lowest BCUT2D eigenvalue weighted by atomic mass is 10.3.